The minimum atomic E-state index is -0.352. The van der Waals surface area contributed by atoms with E-state index in [4.69, 9.17) is 9.47 Å². The molecule has 0 aromatic heterocycles. The molecule has 1 aromatic rings. The zero-order valence-electron chi connectivity index (χ0n) is 12.9. The van der Waals surface area contributed by atoms with Gasteiger partial charge < -0.3 is 14.8 Å². The van der Waals surface area contributed by atoms with Gasteiger partial charge in [-0.1, -0.05) is 19.8 Å². The topological polar surface area (TPSA) is 47.6 Å². The second-order valence-corrected chi connectivity index (χ2v) is 6.24. The average Bonchev–Trinajstić information content (AvgIpc) is 2.72. The monoisotopic (exact) mass is 309 g/mol. The molecule has 21 heavy (non-hydrogen) atoms. The van der Waals surface area contributed by atoms with E-state index < -0.39 is 0 Å². The third-order valence-electron chi connectivity index (χ3n) is 3.72. The van der Waals surface area contributed by atoms with E-state index in [0.717, 1.165) is 17.2 Å². The highest BCUT2D eigenvalue weighted by molar-refractivity contribution is 7.99. The van der Waals surface area contributed by atoms with Crippen molar-refractivity contribution in [2.45, 2.75) is 43.7 Å². The summed E-state index contributed by atoms with van der Waals surface area (Å²) in [6.45, 7) is 3.03. The predicted molar refractivity (Wildman–Crippen MR) is 85.2 cm³/mol. The summed E-state index contributed by atoms with van der Waals surface area (Å²) in [5.74, 6) is 1.25. The molecule has 0 aliphatic carbocycles. The Labute approximate surface area is 130 Å². The third kappa shape index (κ3) is 3.92. The Morgan fingerprint density at radius 2 is 2.24 bits per heavy atom. The minimum Gasteiger partial charge on any atom is -0.496 e. The second kappa shape index (κ2) is 7.71. The first-order chi connectivity index (χ1) is 10.2. The van der Waals surface area contributed by atoms with Crippen molar-refractivity contribution in [2.75, 3.05) is 20.0 Å². The predicted octanol–water partition coefficient (Wildman–Crippen LogP) is 3.24. The van der Waals surface area contributed by atoms with E-state index in [-0.39, 0.29) is 5.97 Å². The Kier molecular flexibility index (Phi) is 5.94. The lowest BCUT2D eigenvalue weighted by Gasteiger charge is -2.14. The van der Waals surface area contributed by atoms with Crippen molar-refractivity contribution in [3.8, 4) is 5.75 Å². The molecule has 5 heteroatoms. The van der Waals surface area contributed by atoms with Crippen LogP contribution in [0, 0.1) is 0 Å². The van der Waals surface area contributed by atoms with Gasteiger partial charge in [-0.05, 0) is 24.1 Å². The van der Waals surface area contributed by atoms with E-state index in [0.29, 0.717) is 17.4 Å². The van der Waals surface area contributed by atoms with Gasteiger partial charge in [0.1, 0.15) is 11.3 Å². The van der Waals surface area contributed by atoms with E-state index >= 15 is 0 Å². The number of unbranched alkanes of at least 4 members (excludes halogenated alkanes) is 1. The van der Waals surface area contributed by atoms with Crippen LogP contribution in [-0.2, 0) is 11.3 Å². The zero-order chi connectivity index (χ0) is 15.2. The molecule has 0 spiro atoms. The van der Waals surface area contributed by atoms with Crippen LogP contribution in [0.3, 0.4) is 0 Å². The van der Waals surface area contributed by atoms with Crippen molar-refractivity contribution in [2.24, 2.45) is 0 Å². The largest absolute Gasteiger partial charge is 0.496 e. The van der Waals surface area contributed by atoms with Crippen LogP contribution in [0.25, 0.3) is 0 Å². The summed E-state index contributed by atoms with van der Waals surface area (Å²) in [4.78, 5) is 13.0. The maximum absolute atomic E-state index is 11.8. The number of rotatable bonds is 5. The van der Waals surface area contributed by atoms with Gasteiger partial charge in [0, 0.05) is 23.2 Å². The maximum atomic E-state index is 11.8. The Morgan fingerprint density at radius 1 is 1.43 bits per heavy atom. The molecule has 0 radical (unpaired) electrons. The normalized spacial score (nSPS) is 17.8. The minimum absolute atomic E-state index is 0.352. The summed E-state index contributed by atoms with van der Waals surface area (Å²) < 4.78 is 10.2. The Bertz CT molecular complexity index is 505. The number of esters is 1. The lowest BCUT2D eigenvalue weighted by Crippen LogP contribution is -2.29. The molecular weight excluding hydrogens is 286 g/mol. The molecule has 1 aromatic carbocycles. The molecule has 116 valence electrons. The van der Waals surface area contributed by atoms with Gasteiger partial charge in [0.25, 0.3) is 0 Å². The van der Waals surface area contributed by atoms with Crippen molar-refractivity contribution in [1.29, 1.82) is 0 Å². The number of thioether (sulfide) groups is 1. The van der Waals surface area contributed by atoms with Gasteiger partial charge >= 0.3 is 5.97 Å². The van der Waals surface area contributed by atoms with Crippen LogP contribution in [0.2, 0.25) is 0 Å². The van der Waals surface area contributed by atoms with Gasteiger partial charge in [-0.2, -0.15) is 0 Å². The fourth-order valence-electron chi connectivity index (χ4n) is 2.45. The number of carbonyl (C=O) groups excluding carboxylic acids is 1. The van der Waals surface area contributed by atoms with Crippen LogP contribution in [-0.4, -0.2) is 32.0 Å². The van der Waals surface area contributed by atoms with Crippen LogP contribution >= 0.6 is 11.8 Å². The molecule has 2 rings (SSSR count). The smallest absolute Gasteiger partial charge is 0.341 e. The van der Waals surface area contributed by atoms with Crippen LogP contribution in [0.15, 0.2) is 17.0 Å². The molecule has 0 saturated heterocycles. The first-order valence-corrected chi connectivity index (χ1v) is 8.33. The summed E-state index contributed by atoms with van der Waals surface area (Å²) >= 11 is 1.80. The summed E-state index contributed by atoms with van der Waals surface area (Å²) in [5.41, 5.74) is 1.68. The van der Waals surface area contributed by atoms with Crippen LogP contribution in [0.5, 0.6) is 5.75 Å². The fourth-order valence-corrected chi connectivity index (χ4v) is 3.64. The van der Waals surface area contributed by atoms with Crippen LogP contribution < -0.4 is 10.1 Å². The zero-order valence-corrected chi connectivity index (χ0v) is 13.7. The lowest BCUT2D eigenvalue weighted by atomic mass is 10.1. The summed E-state index contributed by atoms with van der Waals surface area (Å²) in [7, 11) is 2.97. The van der Waals surface area contributed by atoms with Crippen molar-refractivity contribution < 1.29 is 14.3 Å². The standard InChI is InChI=1S/C16H23NO3S/c1-4-5-6-12-10-21-15-8-13(16(18)20-3)14(19-2)7-11(15)9-17-12/h7-8,12,17H,4-6,9-10H2,1-3H3. The summed E-state index contributed by atoms with van der Waals surface area (Å²) in [6, 6.07) is 4.37. The number of benzene rings is 1. The van der Waals surface area contributed by atoms with Crippen molar-refractivity contribution in [3.63, 3.8) is 0 Å². The third-order valence-corrected chi connectivity index (χ3v) is 4.98. The Morgan fingerprint density at radius 3 is 2.90 bits per heavy atom. The van der Waals surface area contributed by atoms with E-state index in [1.165, 1.54) is 31.9 Å². The highest BCUT2D eigenvalue weighted by Gasteiger charge is 2.21. The number of methoxy groups -OCH3 is 2. The highest BCUT2D eigenvalue weighted by Crippen LogP contribution is 2.33. The molecule has 0 bridgehead atoms. The Balaban J connectivity index is 2.21. The molecule has 1 N–H and O–H groups in total. The van der Waals surface area contributed by atoms with Gasteiger partial charge in [0.05, 0.1) is 14.2 Å². The van der Waals surface area contributed by atoms with Gasteiger partial charge in [-0.25, -0.2) is 4.79 Å². The van der Waals surface area contributed by atoms with E-state index in [1.54, 1.807) is 18.9 Å². The number of hydrogen-bond acceptors (Lipinski definition) is 5. The lowest BCUT2D eigenvalue weighted by molar-refractivity contribution is 0.0596. The number of nitrogens with one attached hydrogen (secondary N) is 1. The van der Waals surface area contributed by atoms with Crippen molar-refractivity contribution in [3.05, 3.63) is 23.3 Å². The van der Waals surface area contributed by atoms with E-state index in [9.17, 15) is 4.79 Å². The molecule has 0 amide bonds. The SMILES string of the molecule is CCCCC1CSc2cc(C(=O)OC)c(OC)cc2CN1. The number of fused-ring (bicyclic) bond motifs is 1. The van der Waals surface area contributed by atoms with Gasteiger partial charge in [0.2, 0.25) is 0 Å². The highest BCUT2D eigenvalue weighted by atomic mass is 32.2. The fraction of sp³-hybridized carbons (Fsp3) is 0.562. The summed E-state index contributed by atoms with van der Waals surface area (Å²) in [6.07, 6.45) is 3.65. The summed E-state index contributed by atoms with van der Waals surface area (Å²) in [5, 5.41) is 3.59. The molecule has 1 unspecified atom stereocenters. The first kappa shape index (κ1) is 16.2. The van der Waals surface area contributed by atoms with Gasteiger partial charge in [-0.3, -0.25) is 0 Å². The van der Waals surface area contributed by atoms with Crippen LogP contribution in [0.4, 0.5) is 0 Å². The molecule has 0 saturated carbocycles. The quantitative estimate of drug-likeness (QED) is 0.846. The maximum Gasteiger partial charge on any atom is 0.341 e. The van der Waals surface area contributed by atoms with Crippen LogP contribution in [0.1, 0.15) is 42.1 Å². The number of carbonyl (C=O) groups is 1. The average molecular weight is 309 g/mol. The van der Waals surface area contributed by atoms with E-state index in [2.05, 4.69) is 12.2 Å². The molecule has 1 atom stereocenters. The molecule has 4 nitrogen and oxygen atoms in total. The first-order valence-electron chi connectivity index (χ1n) is 7.35. The Hall–Kier alpha value is -1.20. The second-order valence-electron chi connectivity index (χ2n) is 5.18. The van der Waals surface area contributed by atoms with Crippen molar-refractivity contribution in [1.82, 2.24) is 5.32 Å². The van der Waals surface area contributed by atoms with Gasteiger partial charge in [0.15, 0.2) is 0 Å². The number of hydrogen-bond donors (Lipinski definition) is 1. The molecule has 0 fully saturated rings. The molecule has 1 aliphatic rings. The molecular formula is C16H23NO3S. The van der Waals surface area contributed by atoms with Crippen molar-refractivity contribution >= 4 is 17.7 Å². The number of ether oxygens (including phenoxy) is 2. The molecule has 1 heterocycles. The molecule has 1 aliphatic heterocycles. The van der Waals surface area contributed by atoms with Gasteiger partial charge in [-0.15, -0.1) is 11.8 Å². The van der Waals surface area contributed by atoms with E-state index in [1.807, 2.05) is 12.1 Å².